The van der Waals surface area contributed by atoms with Crippen LogP contribution in [-0.2, 0) is 6.54 Å². The quantitative estimate of drug-likeness (QED) is 0.753. The van der Waals surface area contributed by atoms with Gasteiger partial charge in [-0.2, -0.15) is 0 Å². The minimum Gasteiger partial charge on any atom is -0.289 e. The van der Waals surface area contributed by atoms with Gasteiger partial charge in [-0.1, -0.05) is 36.4 Å². The second-order valence-electron chi connectivity index (χ2n) is 3.82. The van der Waals surface area contributed by atoms with Crippen LogP contribution in [0.2, 0.25) is 0 Å². The second-order valence-corrected chi connectivity index (χ2v) is 3.82. The molecule has 0 aliphatic carbocycles. The first-order chi connectivity index (χ1) is 8.22. The summed E-state index contributed by atoms with van der Waals surface area (Å²) in [7, 11) is 0. The molecule has 1 aromatic heterocycles. The van der Waals surface area contributed by atoms with Crippen LogP contribution in [0, 0.1) is 6.92 Å². The van der Waals surface area contributed by atoms with Gasteiger partial charge < -0.3 is 0 Å². The first kappa shape index (κ1) is 11.3. The van der Waals surface area contributed by atoms with Gasteiger partial charge in [0.2, 0.25) is 0 Å². The van der Waals surface area contributed by atoms with Crippen LogP contribution in [0.1, 0.15) is 5.69 Å². The highest BCUT2D eigenvalue weighted by molar-refractivity contribution is 5.55. The summed E-state index contributed by atoms with van der Waals surface area (Å²) in [5.74, 6) is 0.690. The minimum absolute atomic E-state index is 0.0451. The van der Waals surface area contributed by atoms with Crippen LogP contribution in [0.15, 0.2) is 53.8 Å². The molecule has 0 saturated carbocycles. The molecule has 2 rings (SSSR count). The molecule has 0 atom stereocenters. The monoisotopic (exact) mass is 226 g/mol. The Balaban J connectivity index is 2.67. The molecule has 0 N–H and O–H groups in total. The molecule has 0 unspecified atom stereocenters. The normalized spacial score (nSPS) is 10.2. The fourth-order valence-electron chi connectivity index (χ4n) is 1.73. The molecule has 0 amide bonds. The molecule has 1 aromatic carbocycles. The summed E-state index contributed by atoms with van der Waals surface area (Å²) < 4.78 is 1.62. The highest BCUT2D eigenvalue weighted by atomic mass is 16.1. The van der Waals surface area contributed by atoms with E-state index < -0.39 is 0 Å². The molecule has 2 aromatic rings. The van der Waals surface area contributed by atoms with E-state index in [-0.39, 0.29) is 5.56 Å². The topological polar surface area (TPSA) is 34.9 Å². The van der Waals surface area contributed by atoms with E-state index in [9.17, 15) is 4.79 Å². The first-order valence-corrected chi connectivity index (χ1v) is 5.47. The van der Waals surface area contributed by atoms with E-state index in [0.29, 0.717) is 12.4 Å². The maximum atomic E-state index is 11.9. The average Bonchev–Trinajstić information content (AvgIpc) is 2.33. The largest absolute Gasteiger partial charge is 0.289 e. The Morgan fingerprint density at radius 3 is 2.71 bits per heavy atom. The third-order valence-corrected chi connectivity index (χ3v) is 2.48. The third-order valence-electron chi connectivity index (χ3n) is 2.48. The lowest BCUT2D eigenvalue weighted by molar-refractivity contribution is 0.760. The van der Waals surface area contributed by atoms with E-state index in [2.05, 4.69) is 11.6 Å². The van der Waals surface area contributed by atoms with Crippen LogP contribution in [0.25, 0.3) is 11.4 Å². The van der Waals surface area contributed by atoms with Crippen molar-refractivity contribution in [3.8, 4) is 11.4 Å². The van der Waals surface area contributed by atoms with Gasteiger partial charge in [0, 0.05) is 23.9 Å². The van der Waals surface area contributed by atoms with Gasteiger partial charge in [0.05, 0.1) is 0 Å². The zero-order valence-electron chi connectivity index (χ0n) is 9.76. The van der Waals surface area contributed by atoms with E-state index >= 15 is 0 Å². The average molecular weight is 226 g/mol. The lowest BCUT2D eigenvalue weighted by Crippen LogP contribution is -2.22. The summed E-state index contributed by atoms with van der Waals surface area (Å²) in [4.78, 5) is 16.3. The molecule has 17 heavy (non-hydrogen) atoms. The van der Waals surface area contributed by atoms with Gasteiger partial charge in [-0.15, -0.1) is 6.58 Å². The van der Waals surface area contributed by atoms with Crippen LogP contribution >= 0.6 is 0 Å². The number of benzene rings is 1. The molecule has 0 radical (unpaired) electrons. The van der Waals surface area contributed by atoms with Crippen molar-refractivity contribution in [3.63, 3.8) is 0 Å². The number of hydrogen-bond donors (Lipinski definition) is 0. The SMILES string of the molecule is C=CCn1c(-c2ccccc2)nc(C)cc1=O. The van der Waals surface area contributed by atoms with Gasteiger partial charge in [0.15, 0.2) is 0 Å². The molecule has 0 fully saturated rings. The lowest BCUT2D eigenvalue weighted by atomic mass is 10.2. The maximum Gasteiger partial charge on any atom is 0.254 e. The van der Waals surface area contributed by atoms with Gasteiger partial charge in [0.25, 0.3) is 5.56 Å². The van der Waals surface area contributed by atoms with E-state index in [1.807, 2.05) is 37.3 Å². The standard InChI is InChI=1S/C14H14N2O/c1-3-9-16-13(17)10-11(2)15-14(16)12-7-5-4-6-8-12/h3-8,10H,1,9H2,2H3. The zero-order valence-corrected chi connectivity index (χ0v) is 9.76. The second kappa shape index (κ2) is 4.78. The summed E-state index contributed by atoms with van der Waals surface area (Å²) in [6, 6.07) is 11.2. The summed E-state index contributed by atoms with van der Waals surface area (Å²) >= 11 is 0. The van der Waals surface area contributed by atoms with Gasteiger partial charge >= 0.3 is 0 Å². The molecule has 1 heterocycles. The summed E-state index contributed by atoms with van der Waals surface area (Å²) in [6.07, 6.45) is 1.70. The maximum absolute atomic E-state index is 11.9. The Hall–Kier alpha value is -2.16. The fourth-order valence-corrected chi connectivity index (χ4v) is 1.73. The van der Waals surface area contributed by atoms with Crippen LogP contribution in [0.3, 0.4) is 0 Å². The van der Waals surface area contributed by atoms with E-state index in [0.717, 1.165) is 11.3 Å². The van der Waals surface area contributed by atoms with Gasteiger partial charge in [0.1, 0.15) is 5.82 Å². The Bertz CT molecular complexity index is 585. The molecule has 0 spiro atoms. The van der Waals surface area contributed by atoms with Crippen molar-refractivity contribution in [2.24, 2.45) is 0 Å². The molecule has 3 heteroatoms. The summed E-state index contributed by atoms with van der Waals surface area (Å²) in [5.41, 5.74) is 1.63. The van der Waals surface area contributed by atoms with Crippen molar-refractivity contribution in [1.29, 1.82) is 0 Å². The molecule has 0 saturated heterocycles. The van der Waals surface area contributed by atoms with E-state index in [4.69, 9.17) is 0 Å². The molecular formula is C14H14N2O. The van der Waals surface area contributed by atoms with Crippen molar-refractivity contribution in [2.75, 3.05) is 0 Å². The first-order valence-electron chi connectivity index (χ1n) is 5.47. The number of hydrogen-bond acceptors (Lipinski definition) is 2. The smallest absolute Gasteiger partial charge is 0.254 e. The number of rotatable bonds is 3. The Morgan fingerprint density at radius 2 is 2.06 bits per heavy atom. The Labute approximate surface area is 100 Å². The summed E-state index contributed by atoms with van der Waals surface area (Å²) in [5, 5.41) is 0. The van der Waals surface area contributed by atoms with Crippen LogP contribution < -0.4 is 5.56 Å². The van der Waals surface area contributed by atoms with Crippen LogP contribution in [-0.4, -0.2) is 9.55 Å². The van der Waals surface area contributed by atoms with Crippen molar-refractivity contribution >= 4 is 0 Å². The predicted octanol–water partition coefficient (Wildman–Crippen LogP) is 2.40. The highest BCUT2D eigenvalue weighted by Gasteiger charge is 2.07. The van der Waals surface area contributed by atoms with E-state index in [1.54, 1.807) is 10.6 Å². The molecular weight excluding hydrogens is 212 g/mol. The predicted molar refractivity (Wildman–Crippen MR) is 68.9 cm³/mol. The fraction of sp³-hybridized carbons (Fsp3) is 0.143. The Kier molecular flexibility index (Phi) is 3.19. The van der Waals surface area contributed by atoms with Crippen LogP contribution in [0.4, 0.5) is 0 Å². The van der Waals surface area contributed by atoms with Crippen molar-refractivity contribution in [2.45, 2.75) is 13.5 Å². The number of nitrogens with zero attached hydrogens (tertiary/aromatic N) is 2. The number of aromatic nitrogens is 2. The Morgan fingerprint density at radius 1 is 1.35 bits per heavy atom. The molecule has 3 nitrogen and oxygen atoms in total. The lowest BCUT2D eigenvalue weighted by Gasteiger charge is -2.10. The minimum atomic E-state index is -0.0451. The zero-order chi connectivity index (χ0) is 12.3. The van der Waals surface area contributed by atoms with Gasteiger partial charge in [-0.05, 0) is 6.92 Å². The van der Waals surface area contributed by atoms with Crippen molar-refractivity contribution in [1.82, 2.24) is 9.55 Å². The molecule has 86 valence electrons. The van der Waals surface area contributed by atoms with Crippen molar-refractivity contribution < 1.29 is 0 Å². The van der Waals surface area contributed by atoms with E-state index in [1.165, 1.54) is 6.07 Å². The van der Waals surface area contributed by atoms with Crippen molar-refractivity contribution in [3.05, 3.63) is 65.1 Å². The molecule has 0 bridgehead atoms. The van der Waals surface area contributed by atoms with Gasteiger partial charge in [-0.3, -0.25) is 9.36 Å². The third kappa shape index (κ3) is 2.33. The van der Waals surface area contributed by atoms with Gasteiger partial charge in [-0.25, -0.2) is 4.98 Å². The van der Waals surface area contributed by atoms with Crippen LogP contribution in [0.5, 0.6) is 0 Å². The molecule has 0 aliphatic heterocycles. The number of allylic oxidation sites excluding steroid dienone is 1. The summed E-state index contributed by atoms with van der Waals surface area (Å²) in [6.45, 7) is 5.96. The number of aryl methyl sites for hydroxylation is 1. The highest BCUT2D eigenvalue weighted by Crippen LogP contribution is 2.15. The molecule has 0 aliphatic rings.